The fourth-order valence-electron chi connectivity index (χ4n) is 3.24. The summed E-state index contributed by atoms with van der Waals surface area (Å²) in [6, 6.07) is 9.17. The first-order chi connectivity index (χ1) is 12.5. The van der Waals surface area contributed by atoms with Crippen molar-refractivity contribution in [2.24, 2.45) is 0 Å². The van der Waals surface area contributed by atoms with E-state index in [0.29, 0.717) is 6.54 Å². The SMILES string of the molecule is Cc1nnc2n1-c1ccc(Br)cc1N(c1ccc([N+](=O)[O-])nc1)CC2C. The molecule has 3 heterocycles. The Kier molecular flexibility index (Phi) is 3.95. The largest absolute Gasteiger partial charge is 0.363 e. The Morgan fingerprint density at radius 3 is 2.73 bits per heavy atom. The maximum atomic E-state index is 10.9. The molecule has 1 unspecified atom stereocenters. The summed E-state index contributed by atoms with van der Waals surface area (Å²) in [7, 11) is 0. The van der Waals surface area contributed by atoms with Crippen molar-refractivity contribution >= 4 is 33.1 Å². The molecule has 0 spiro atoms. The van der Waals surface area contributed by atoms with Gasteiger partial charge in [0.15, 0.2) is 6.20 Å². The molecule has 2 aromatic heterocycles. The van der Waals surface area contributed by atoms with Gasteiger partial charge in [-0.15, -0.1) is 10.2 Å². The second-order valence-corrected chi connectivity index (χ2v) is 7.13. The van der Waals surface area contributed by atoms with Crippen molar-refractivity contribution in [1.29, 1.82) is 0 Å². The van der Waals surface area contributed by atoms with Crippen molar-refractivity contribution in [2.45, 2.75) is 19.8 Å². The van der Waals surface area contributed by atoms with Crippen molar-refractivity contribution in [1.82, 2.24) is 19.7 Å². The zero-order valence-corrected chi connectivity index (χ0v) is 15.7. The van der Waals surface area contributed by atoms with Gasteiger partial charge < -0.3 is 15.0 Å². The van der Waals surface area contributed by atoms with Gasteiger partial charge in [-0.3, -0.25) is 4.57 Å². The van der Waals surface area contributed by atoms with E-state index in [1.165, 1.54) is 12.3 Å². The standard InChI is InChI=1S/C17H15BrN6O2/c1-10-9-22(13-4-6-16(19-8-13)24(25)26)15-7-12(18)3-5-14(15)23-11(2)20-21-17(10)23/h3-8,10H,9H2,1-2H3. The minimum atomic E-state index is -0.496. The van der Waals surface area contributed by atoms with Crippen LogP contribution in [0.1, 0.15) is 24.5 Å². The summed E-state index contributed by atoms with van der Waals surface area (Å²) in [5, 5.41) is 19.5. The van der Waals surface area contributed by atoms with Gasteiger partial charge in [0.1, 0.15) is 11.6 Å². The summed E-state index contributed by atoms with van der Waals surface area (Å²) in [4.78, 5) is 16.5. The first-order valence-electron chi connectivity index (χ1n) is 8.05. The van der Waals surface area contributed by atoms with Gasteiger partial charge in [-0.2, -0.15) is 0 Å². The zero-order valence-electron chi connectivity index (χ0n) is 14.1. The molecule has 1 aliphatic rings. The van der Waals surface area contributed by atoms with E-state index in [2.05, 4.69) is 47.5 Å². The molecule has 0 bridgehead atoms. The highest BCUT2D eigenvalue weighted by Gasteiger charge is 2.29. The fourth-order valence-corrected chi connectivity index (χ4v) is 3.59. The molecule has 0 aliphatic carbocycles. The molecular weight excluding hydrogens is 400 g/mol. The molecule has 3 aromatic rings. The Morgan fingerprint density at radius 2 is 2.04 bits per heavy atom. The molecule has 0 saturated carbocycles. The molecule has 0 N–H and O–H groups in total. The normalized spacial score (nSPS) is 16.0. The minimum Gasteiger partial charge on any atom is -0.358 e. The quantitative estimate of drug-likeness (QED) is 0.466. The molecule has 1 aromatic carbocycles. The number of pyridine rings is 1. The van der Waals surface area contributed by atoms with E-state index >= 15 is 0 Å². The van der Waals surface area contributed by atoms with E-state index in [4.69, 9.17) is 0 Å². The molecule has 0 amide bonds. The maximum absolute atomic E-state index is 10.9. The Balaban J connectivity index is 1.90. The number of hydrogen-bond donors (Lipinski definition) is 0. The summed E-state index contributed by atoms with van der Waals surface area (Å²) in [5.74, 6) is 1.65. The second kappa shape index (κ2) is 6.17. The second-order valence-electron chi connectivity index (χ2n) is 6.22. The van der Waals surface area contributed by atoms with Crippen molar-refractivity contribution in [3.63, 3.8) is 0 Å². The number of nitrogens with zero attached hydrogens (tertiary/aromatic N) is 6. The van der Waals surface area contributed by atoms with Gasteiger partial charge in [0, 0.05) is 23.0 Å². The third kappa shape index (κ3) is 2.64. The highest BCUT2D eigenvalue weighted by atomic mass is 79.9. The topological polar surface area (TPSA) is 90.0 Å². The summed E-state index contributed by atoms with van der Waals surface area (Å²) >= 11 is 3.54. The van der Waals surface area contributed by atoms with Crippen LogP contribution in [0.2, 0.25) is 0 Å². The zero-order chi connectivity index (χ0) is 18.4. The van der Waals surface area contributed by atoms with Crippen molar-refractivity contribution < 1.29 is 4.92 Å². The van der Waals surface area contributed by atoms with Crippen LogP contribution in [0.25, 0.3) is 5.69 Å². The van der Waals surface area contributed by atoms with Crippen LogP contribution in [-0.2, 0) is 0 Å². The average Bonchev–Trinajstić information content (AvgIpc) is 2.95. The van der Waals surface area contributed by atoms with Crippen LogP contribution in [0, 0.1) is 17.0 Å². The van der Waals surface area contributed by atoms with E-state index in [1.54, 1.807) is 6.07 Å². The van der Waals surface area contributed by atoms with Crippen LogP contribution in [-0.4, -0.2) is 31.2 Å². The van der Waals surface area contributed by atoms with Crippen molar-refractivity contribution in [3.05, 3.63) is 62.8 Å². The Labute approximate surface area is 157 Å². The Bertz CT molecular complexity index is 1000. The predicted molar refractivity (Wildman–Crippen MR) is 100 cm³/mol. The monoisotopic (exact) mass is 414 g/mol. The molecule has 0 fully saturated rings. The van der Waals surface area contributed by atoms with Gasteiger partial charge >= 0.3 is 5.82 Å². The number of aryl methyl sites for hydroxylation is 1. The third-order valence-corrected chi connectivity index (χ3v) is 4.94. The first-order valence-corrected chi connectivity index (χ1v) is 8.85. The van der Waals surface area contributed by atoms with Gasteiger partial charge in [-0.25, -0.2) is 0 Å². The van der Waals surface area contributed by atoms with Gasteiger partial charge in [-0.1, -0.05) is 22.9 Å². The van der Waals surface area contributed by atoms with E-state index in [1.807, 2.05) is 25.1 Å². The summed E-state index contributed by atoms with van der Waals surface area (Å²) in [6.07, 6.45) is 1.54. The fraction of sp³-hybridized carbons (Fsp3) is 0.235. The lowest BCUT2D eigenvalue weighted by Gasteiger charge is -2.25. The van der Waals surface area contributed by atoms with Gasteiger partial charge in [0.2, 0.25) is 0 Å². The molecule has 0 saturated heterocycles. The summed E-state index contributed by atoms with van der Waals surface area (Å²) in [5.41, 5.74) is 2.72. The third-order valence-electron chi connectivity index (χ3n) is 4.45. The molecule has 0 radical (unpaired) electrons. The van der Waals surface area contributed by atoms with Crippen LogP contribution in [0.4, 0.5) is 17.2 Å². The number of nitro groups is 1. The highest BCUT2D eigenvalue weighted by molar-refractivity contribution is 9.10. The van der Waals surface area contributed by atoms with Crippen molar-refractivity contribution in [3.8, 4) is 5.69 Å². The van der Waals surface area contributed by atoms with E-state index in [9.17, 15) is 10.1 Å². The van der Waals surface area contributed by atoms with Crippen LogP contribution in [0.3, 0.4) is 0 Å². The lowest BCUT2D eigenvalue weighted by molar-refractivity contribution is -0.389. The maximum Gasteiger partial charge on any atom is 0.363 e. The number of fused-ring (bicyclic) bond motifs is 3. The molecular formula is C17H15BrN6O2. The smallest absolute Gasteiger partial charge is 0.358 e. The van der Waals surface area contributed by atoms with Gasteiger partial charge in [0.05, 0.1) is 17.1 Å². The molecule has 1 aliphatic heterocycles. The number of halogens is 1. The molecule has 1 atom stereocenters. The number of hydrogen-bond acceptors (Lipinski definition) is 6. The Morgan fingerprint density at radius 1 is 1.23 bits per heavy atom. The van der Waals surface area contributed by atoms with E-state index in [0.717, 1.165) is 33.2 Å². The van der Waals surface area contributed by atoms with Crippen LogP contribution in [0.5, 0.6) is 0 Å². The molecule has 9 heteroatoms. The van der Waals surface area contributed by atoms with E-state index in [-0.39, 0.29) is 11.7 Å². The lowest BCUT2D eigenvalue weighted by Crippen LogP contribution is -2.22. The Hall–Kier alpha value is -2.81. The first kappa shape index (κ1) is 16.6. The minimum absolute atomic E-state index is 0.109. The van der Waals surface area contributed by atoms with Crippen LogP contribution < -0.4 is 4.90 Å². The lowest BCUT2D eigenvalue weighted by atomic mass is 10.1. The van der Waals surface area contributed by atoms with E-state index < -0.39 is 4.92 Å². The summed E-state index contributed by atoms with van der Waals surface area (Å²) in [6.45, 7) is 4.67. The number of benzene rings is 1. The average molecular weight is 415 g/mol. The number of anilines is 2. The molecule has 4 rings (SSSR count). The summed E-state index contributed by atoms with van der Waals surface area (Å²) < 4.78 is 3.00. The molecule has 26 heavy (non-hydrogen) atoms. The van der Waals surface area contributed by atoms with Crippen LogP contribution in [0.15, 0.2) is 41.0 Å². The van der Waals surface area contributed by atoms with Crippen LogP contribution >= 0.6 is 15.9 Å². The molecule has 132 valence electrons. The van der Waals surface area contributed by atoms with Gasteiger partial charge in [0.25, 0.3) is 0 Å². The highest BCUT2D eigenvalue weighted by Crippen LogP contribution is 2.39. The number of rotatable bonds is 2. The number of aromatic nitrogens is 4. The van der Waals surface area contributed by atoms with Gasteiger partial charge in [-0.05, 0) is 41.1 Å². The predicted octanol–water partition coefficient (Wildman–Crippen LogP) is 3.90. The molecule has 8 nitrogen and oxygen atoms in total. The van der Waals surface area contributed by atoms with Crippen molar-refractivity contribution in [2.75, 3.05) is 11.4 Å².